The summed E-state index contributed by atoms with van der Waals surface area (Å²) in [5.41, 5.74) is 0.432. The molecule has 9 nitrogen and oxygen atoms in total. The number of alkyl halides is 2. The van der Waals surface area contributed by atoms with Crippen LogP contribution in [-0.2, 0) is 4.79 Å². The van der Waals surface area contributed by atoms with Crippen LogP contribution in [0.3, 0.4) is 0 Å². The summed E-state index contributed by atoms with van der Waals surface area (Å²) >= 11 is 0. The van der Waals surface area contributed by atoms with E-state index in [1.54, 1.807) is 4.90 Å². The van der Waals surface area contributed by atoms with Crippen LogP contribution < -0.4 is 18.9 Å². The van der Waals surface area contributed by atoms with Crippen LogP contribution in [0.5, 0.6) is 23.0 Å². The Morgan fingerprint density at radius 1 is 1.21 bits per heavy atom. The molecule has 0 bridgehead atoms. The minimum Gasteiger partial charge on any atom is -0.493 e. The maximum atomic E-state index is 13.0. The predicted octanol–water partition coefficient (Wildman–Crippen LogP) is 4.35. The van der Waals surface area contributed by atoms with Crippen LogP contribution >= 0.6 is 0 Å². The van der Waals surface area contributed by atoms with Gasteiger partial charge in [-0.1, -0.05) is 6.07 Å². The largest absolute Gasteiger partial charge is 0.493 e. The van der Waals surface area contributed by atoms with Gasteiger partial charge in [0.1, 0.15) is 13.2 Å². The fourth-order valence-corrected chi connectivity index (χ4v) is 4.11. The monoisotopic (exact) mass is 476 g/mol. The summed E-state index contributed by atoms with van der Waals surface area (Å²) in [6.45, 7) is -1.72. The second-order valence-corrected chi connectivity index (χ2v) is 7.62. The van der Waals surface area contributed by atoms with Crippen molar-refractivity contribution in [1.29, 1.82) is 0 Å². The van der Waals surface area contributed by atoms with Crippen molar-refractivity contribution in [3.05, 3.63) is 57.6 Å². The van der Waals surface area contributed by atoms with Gasteiger partial charge in [-0.15, -0.1) is 0 Å². The fraction of sp³-hybridized carbons (Fsp3) is 0.348. The third-order valence-corrected chi connectivity index (χ3v) is 5.62. The van der Waals surface area contributed by atoms with Crippen LogP contribution in [0.2, 0.25) is 0 Å². The third kappa shape index (κ3) is 4.87. The normalized spacial score (nSPS) is 17.3. The molecule has 0 spiro atoms. The highest BCUT2D eigenvalue weighted by atomic mass is 19.3. The first-order valence-corrected chi connectivity index (χ1v) is 10.6. The molecule has 2 aromatic rings. The van der Waals surface area contributed by atoms with Crippen molar-refractivity contribution in [2.75, 3.05) is 26.9 Å². The van der Waals surface area contributed by atoms with Gasteiger partial charge in [0.15, 0.2) is 23.0 Å². The second-order valence-electron chi connectivity index (χ2n) is 7.62. The Balaban J connectivity index is 1.57. The topological polar surface area (TPSA) is 100 Å². The number of nitro benzene ring substituents is 1. The molecule has 0 N–H and O–H groups in total. The molecule has 2 aromatic carbocycles. The summed E-state index contributed by atoms with van der Waals surface area (Å²) in [5.74, 6) is 0.372. The number of nitrogens with zero attached hydrogens (tertiary/aromatic N) is 2. The number of halogens is 2. The molecule has 0 aliphatic carbocycles. The van der Waals surface area contributed by atoms with Crippen molar-refractivity contribution >= 4 is 17.7 Å². The molecule has 11 heteroatoms. The Hall–Kier alpha value is -3.89. The van der Waals surface area contributed by atoms with Gasteiger partial charge < -0.3 is 23.8 Å². The maximum Gasteiger partial charge on any atom is 0.387 e. The van der Waals surface area contributed by atoms with Crippen LogP contribution in [-0.4, -0.2) is 49.2 Å². The van der Waals surface area contributed by atoms with Crippen LogP contribution in [0.4, 0.5) is 14.5 Å². The van der Waals surface area contributed by atoms with Crippen molar-refractivity contribution in [2.24, 2.45) is 0 Å². The second kappa shape index (κ2) is 9.94. The molecule has 2 aliphatic rings. The molecule has 34 heavy (non-hydrogen) atoms. The van der Waals surface area contributed by atoms with Crippen molar-refractivity contribution in [1.82, 2.24) is 4.90 Å². The Morgan fingerprint density at radius 2 is 1.97 bits per heavy atom. The number of carbonyl (C=O) groups excluding carboxylic acids is 1. The number of fused-ring (bicyclic) bond motifs is 1. The molecule has 1 saturated heterocycles. The van der Waals surface area contributed by atoms with Crippen molar-refractivity contribution in [3.8, 4) is 23.0 Å². The lowest BCUT2D eigenvalue weighted by Gasteiger charge is -2.26. The van der Waals surface area contributed by atoms with E-state index < -0.39 is 23.0 Å². The number of benzene rings is 2. The molecule has 1 unspecified atom stereocenters. The van der Waals surface area contributed by atoms with Gasteiger partial charge >= 0.3 is 6.61 Å². The van der Waals surface area contributed by atoms with E-state index in [1.807, 2.05) is 18.2 Å². The van der Waals surface area contributed by atoms with Crippen molar-refractivity contribution in [2.45, 2.75) is 25.5 Å². The lowest BCUT2D eigenvalue weighted by molar-refractivity contribution is -0.385. The minimum atomic E-state index is -3.18. The van der Waals surface area contributed by atoms with E-state index >= 15 is 0 Å². The van der Waals surface area contributed by atoms with E-state index in [1.165, 1.54) is 25.3 Å². The number of likely N-dealkylation sites (tertiary alicyclic amines) is 1. The summed E-state index contributed by atoms with van der Waals surface area (Å²) < 4.78 is 45.8. The van der Waals surface area contributed by atoms with Crippen molar-refractivity contribution < 1.29 is 37.4 Å². The van der Waals surface area contributed by atoms with Gasteiger partial charge in [-0.05, 0) is 42.7 Å². The van der Waals surface area contributed by atoms with Crippen LogP contribution in [0.25, 0.3) is 6.08 Å². The molecule has 0 radical (unpaired) electrons. The van der Waals surface area contributed by atoms with E-state index in [9.17, 15) is 23.7 Å². The number of rotatable bonds is 7. The van der Waals surface area contributed by atoms with Crippen LogP contribution in [0.1, 0.15) is 30.0 Å². The molecule has 0 aromatic heterocycles. The average Bonchev–Trinajstić information content (AvgIpc) is 3.32. The molecule has 4 rings (SSSR count). The lowest BCUT2D eigenvalue weighted by Crippen LogP contribution is -2.29. The van der Waals surface area contributed by atoms with E-state index in [-0.39, 0.29) is 23.3 Å². The standard InChI is InChI=1S/C23H22F2N2O7/c1-31-19-11-15(17(27(29)30)13-21(19)34-23(24)25)5-7-22(28)26-8-2-3-16(26)14-4-6-18-20(12-14)33-10-9-32-18/h4-7,11-13,16,23H,2-3,8-10H2,1H3. The van der Waals surface area contributed by atoms with Gasteiger partial charge in [0.05, 0.1) is 29.7 Å². The summed E-state index contributed by atoms with van der Waals surface area (Å²) in [5, 5.41) is 11.5. The SMILES string of the molecule is COc1cc(C=CC(=O)N2CCCC2c2ccc3c(c2)OCCO3)c([N+](=O)[O-])cc1OC(F)F. The van der Waals surface area contributed by atoms with Gasteiger partial charge in [-0.3, -0.25) is 14.9 Å². The zero-order valence-corrected chi connectivity index (χ0v) is 18.2. The fourth-order valence-electron chi connectivity index (χ4n) is 4.11. The number of hydrogen-bond donors (Lipinski definition) is 0. The van der Waals surface area contributed by atoms with E-state index in [0.29, 0.717) is 31.3 Å². The van der Waals surface area contributed by atoms with Crippen molar-refractivity contribution in [3.63, 3.8) is 0 Å². The molecule has 180 valence electrons. The first kappa shape index (κ1) is 23.3. The quantitative estimate of drug-likeness (QED) is 0.333. The lowest BCUT2D eigenvalue weighted by atomic mass is 10.0. The van der Waals surface area contributed by atoms with E-state index in [4.69, 9.17) is 14.2 Å². The Bertz CT molecular complexity index is 1120. The maximum absolute atomic E-state index is 13.0. The van der Waals surface area contributed by atoms with Gasteiger partial charge in [-0.25, -0.2) is 0 Å². The highest BCUT2D eigenvalue weighted by Gasteiger charge is 2.30. The molecule has 1 atom stereocenters. The number of hydrogen-bond acceptors (Lipinski definition) is 7. The van der Waals surface area contributed by atoms with E-state index in [2.05, 4.69) is 4.74 Å². The average molecular weight is 476 g/mol. The van der Waals surface area contributed by atoms with Crippen LogP contribution in [0, 0.1) is 10.1 Å². The molecule has 1 amide bonds. The third-order valence-electron chi connectivity index (χ3n) is 5.62. The number of carbonyl (C=O) groups is 1. The zero-order chi connectivity index (χ0) is 24.2. The number of methoxy groups -OCH3 is 1. The number of amides is 1. The number of nitro groups is 1. The van der Waals surface area contributed by atoms with Crippen LogP contribution in [0.15, 0.2) is 36.4 Å². The number of ether oxygens (including phenoxy) is 4. The van der Waals surface area contributed by atoms with E-state index in [0.717, 1.165) is 24.5 Å². The first-order chi connectivity index (χ1) is 16.4. The molecular weight excluding hydrogens is 454 g/mol. The summed E-state index contributed by atoms with van der Waals surface area (Å²) in [6, 6.07) is 7.43. The molecule has 1 fully saturated rings. The molecular formula is C23H22F2N2O7. The first-order valence-electron chi connectivity index (χ1n) is 10.6. The van der Waals surface area contributed by atoms with Gasteiger partial charge in [0.25, 0.3) is 5.69 Å². The Kier molecular flexibility index (Phi) is 6.80. The molecule has 0 saturated carbocycles. The van der Waals surface area contributed by atoms with Gasteiger partial charge in [0.2, 0.25) is 5.91 Å². The molecule has 2 heterocycles. The summed E-state index contributed by atoms with van der Waals surface area (Å²) in [7, 11) is 1.22. The zero-order valence-electron chi connectivity index (χ0n) is 18.2. The Labute approximate surface area is 193 Å². The van der Waals surface area contributed by atoms with Gasteiger partial charge in [-0.2, -0.15) is 8.78 Å². The summed E-state index contributed by atoms with van der Waals surface area (Å²) in [6.07, 6.45) is 4.05. The summed E-state index contributed by atoms with van der Waals surface area (Å²) in [4.78, 5) is 25.4. The minimum absolute atomic E-state index is 0.0203. The highest BCUT2D eigenvalue weighted by molar-refractivity contribution is 5.93. The molecule has 2 aliphatic heterocycles. The predicted molar refractivity (Wildman–Crippen MR) is 116 cm³/mol. The van der Waals surface area contributed by atoms with Gasteiger partial charge in [0, 0.05) is 12.6 Å². The Morgan fingerprint density at radius 3 is 2.68 bits per heavy atom. The highest BCUT2D eigenvalue weighted by Crippen LogP contribution is 2.39. The smallest absolute Gasteiger partial charge is 0.387 e.